The van der Waals surface area contributed by atoms with Crippen LogP contribution in [-0.2, 0) is 11.2 Å². The monoisotopic (exact) mass is 323 g/mol. The van der Waals surface area contributed by atoms with Crippen molar-refractivity contribution in [2.45, 2.75) is 38.8 Å². The first-order valence-corrected chi connectivity index (χ1v) is 8.90. The molecule has 4 rings (SSSR count). The summed E-state index contributed by atoms with van der Waals surface area (Å²) in [5.74, 6) is 0.0696. The number of aromatic nitrogens is 1. The van der Waals surface area contributed by atoms with Crippen molar-refractivity contribution in [3.8, 4) is 0 Å². The standard InChI is InChI=1S/C20H25N3O/c1-4-12(2)22-20(24)14-8-16-15-6-5-7-17-19(15)13(10-21-17)9-18(16)23(3)11-14/h5-8,10,12,14,18,21H,4,9,11H2,1-3H3,(H,22,24)/t12-,14?,18?/m1/s1. The molecule has 1 amide bonds. The molecule has 1 aromatic heterocycles. The lowest BCUT2D eigenvalue weighted by Gasteiger charge is -2.39. The molecule has 2 aliphatic rings. The quantitative estimate of drug-likeness (QED) is 0.912. The lowest BCUT2D eigenvalue weighted by molar-refractivity contribution is -0.124. The van der Waals surface area contributed by atoms with E-state index in [1.807, 2.05) is 0 Å². The maximum absolute atomic E-state index is 12.6. The Balaban J connectivity index is 1.75. The number of benzene rings is 1. The Morgan fingerprint density at radius 3 is 3.08 bits per heavy atom. The Bertz CT molecular complexity index is 819. The van der Waals surface area contributed by atoms with Gasteiger partial charge in [-0.1, -0.05) is 25.1 Å². The van der Waals surface area contributed by atoms with E-state index in [0.29, 0.717) is 6.04 Å². The van der Waals surface area contributed by atoms with Crippen LogP contribution in [0.4, 0.5) is 0 Å². The van der Waals surface area contributed by atoms with E-state index in [9.17, 15) is 4.79 Å². The molecule has 1 aromatic carbocycles. The van der Waals surface area contributed by atoms with Crippen molar-refractivity contribution in [1.29, 1.82) is 0 Å². The first-order chi connectivity index (χ1) is 11.6. The third kappa shape index (κ3) is 2.37. The zero-order valence-electron chi connectivity index (χ0n) is 14.6. The molecule has 3 atom stereocenters. The number of nitrogens with zero attached hydrogens (tertiary/aromatic N) is 1. The Morgan fingerprint density at radius 2 is 2.29 bits per heavy atom. The van der Waals surface area contributed by atoms with Crippen molar-refractivity contribution < 1.29 is 4.79 Å². The first-order valence-electron chi connectivity index (χ1n) is 8.90. The van der Waals surface area contributed by atoms with Crippen LogP contribution < -0.4 is 5.32 Å². The molecule has 2 N–H and O–H groups in total. The SMILES string of the molecule is CC[C@@H](C)NC(=O)C1C=C2c3cccc4[nH]cc(c34)CC2N(C)C1. The Kier molecular flexibility index (Phi) is 3.72. The number of H-pyrrole nitrogens is 1. The Morgan fingerprint density at radius 1 is 1.46 bits per heavy atom. The van der Waals surface area contributed by atoms with Crippen molar-refractivity contribution in [2.75, 3.05) is 13.6 Å². The van der Waals surface area contributed by atoms with E-state index in [-0.39, 0.29) is 17.9 Å². The molecule has 1 aliphatic heterocycles. The fourth-order valence-electron chi connectivity index (χ4n) is 4.07. The van der Waals surface area contributed by atoms with E-state index in [2.05, 4.69) is 66.6 Å². The zero-order chi connectivity index (χ0) is 16.8. The maximum Gasteiger partial charge on any atom is 0.228 e. The van der Waals surface area contributed by atoms with Gasteiger partial charge in [0.2, 0.25) is 5.91 Å². The number of rotatable bonds is 3. The van der Waals surface area contributed by atoms with Gasteiger partial charge in [0, 0.05) is 35.7 Å². The highest BCUT2D eigenvalue weighted by molar-refractivity contribution is 5.99. The Labute approximate surface area is 142 Å². The molecule has 2 aromatic rings. The highest BCUT2D eigenvalue weighted by Crippen LogP contribution is 2.40. The molecule has 0 saturated carbocycles. The summed E-state index contributed by atoms with van der Waals surface area (Å²) in [5.41, 5.74) is 5.17. The van der Waals surface area contributed by atoms with Gasteiger partial charge >= 0.3 is 0 Å². The highest BCUT2D eigenvalue weighted by Gasteiger charge is 2.35. The van der Waals surface area contributed by atoms with Gasteiger partial charge in [-0.25, -0.2) is 0 Å². The van der Waals surface area contributed by atoms with Crippen LogP contribution in [0.15, 0.2) is 30.5 Å². The molecule has 126 valence electrons. The second-order valence-corrected chi connectivity index (χ2v) is 7.25. The third-order valence-corrected chi connectivity index (χ3v) is 5.61. The summed E-state index contributed by atoms with van der Waals surface area (Å²) >= 11 is 0. The average molecular weight is 323 g/mol. The molecule has 2 heterocycles. The van der Waals surface area contributed by atoms with E-state index in [1.165, 1.54) is 27.6 Å². The largest absolute Gasteiger partial charge is 0.361 e. The fourth-order valence-corrected chi connectivity index (χ4v) is 4.07. The van der Waals surface area contributed by atoms with Crippen LogP contribution in [0.25, 0.3) is 16.5 Å². The number of amides is 1. The zero-order valence-corrected chi connectivity index (χ0v) is 14.6. The summed E-state index contributed by atoms with van der Waals surface area (Å²) in [4.78, 5) is 18.4. The maximum atomic E-state index is 12.6. The van der Waals surface area contributed by atoms with Gasteiger partial charge in [-0.15, -0.1) is 0 Å². The minimum atomic E-state index is -0.0778. The van der Waals surface area contributed by atoms with Crippen molar-refractivity contribution in [3.05, 3.63) is 41.6 Å². The predicted octanol–water partition coefficient (Wildman–Crippen LogP) is 2.95. The van der Waals surface area contributed by atoms with Gasteiger partial charge in [-0.3, -0.25) is 9.69 Å². The van der Waals surface area contributed by atoms with Gasteiger partial charge in [-0.05, 0) is 49.6 Å². The molecule has 0 fully saturated rings. The van der Waals surface area contributed by atoms with Crippen molar-refractivity contribution in [3.63, 3.8) is 0 Å². The lowest BCUT2D eigenvalue weighted by Crippen LogP contribution is -2.47. The van der Waals surface area contributed by atoms with E-state index in [1.54, 1.807) is 0 Å². The lowest BCUT2D eigenvalue weighted by atomic mass is 9.80. The molecule has 4 heteroatoms. The van der Waals surface area contributed by atoms with Gasteiger partial charge in [0.25, 0.3) is 0 Å². The number of carbonyl (C=O) groups excluding carboxylic acids is 1. The van der Waals surface area contributed by atoms with Crippen LogP contribution in [0.1, 0.15) is 31.4 Å². The number of carbonyl (C=O) groups is 1. The van der Waals surface area contributed by atoms with E-state index >= 15 is 0 Å². The van der Waals surface area contributed by atoms with Gasteiger partial charge in [0.05, 0.1) is 5.92 Å². The number of hydrogen-bond acceptors (Lipinski definition) is 2. The highest BCUT2D eigenvalue weighted by atomic mass is 16.2. The van der Waals surface area contributed by atoms with Crippen LogP contribution >= 0.6 is 0 Å². The van der Waals surface area contributed by atoms with Crippen LogP contribution in [0, 0.1) is 5.92 Å². The first kappa shape index (κ1) is 15.5. The minimum Gasteiger partial charge on any atom is -0.361 e. The van der Waals surface area contributed by atoms with Gasteiger partial charge < -0.3 is 10.3 Å². The van der Waals surface area contributed by atoms with Gasteiger partial charge in [0.1, 0.15) is 0 Å². The van der Waals surface area contributed by atoms with Crippen LogP contribution in [-0.4, -0.2) is 41.5 Å². The molecule has 0 saturated heterocycles. The Hall–Kier alpha value is -2.07. The fraction of sp³-hybridized carbons (Fsp3) is 0.450. The number of nitrogens with one attached hydrogen (secondary N) is 2. The third-order valence-electron chi connectivity index (χ3n) is 5.61. The number of fused-ring (bicyclic) bond motifs is 2. The number of aromatic amines is 1. The van der Waals surface area contributed by atoms with Crippen molar-refractivity contribution in [2.24, 2.45) is 5.92 Å². The number of likely N-dealkylation sites (N-methyl/N-ethyl adjacent to an activating group) is 1. The summed E-state index contributed by atoms with van der Waals surface area (Å²) in [7, 11) is 2.14. The van der Waals surface area contributed by atoms with Crippen LogP contribution in [0.5, 0.6) is 0 Å². The second-order valence-electron chi connectivity index (χ2n) is 7.25. The minimum absolute atomic E-state index is 0.0778. The van der Waals surface area contributed by atoms with Crippen molar-refractivity contribution >= 4 is 22.4 Å². The normalized spacial score (nSPS) is 24.4. The molecule has 24 heavy (non-hydrogen) atoms. The van der Waals surface area contributed by atoms with Gasteiger partial charge in [0.15, 0.2) is 0 Å². The summed E-state index contributed by atoms with van der Waals surface area (Å²) in [6.07, 6.45) is 6.33. The van der Waals surface area contributed by atoms with Crippen LogP contribution in [0.3, 0.4) is 0 Å². The molecule has 1 aliphatic carbocycles. The van der Waals surface area contributed by atoms with Crippen LogP contribution in [0.2, 0.25) is 0 Å². The molecular formula is C20H25N3O. The number of hydrogen-bond donors (Lipinski definition) is 2. The van der Waals surface area contributed by atoms with E-state index in [0.717, 1.165) is 19.4 Å². The second kappa shape index (κ2) is 5.78. The average Bonchev–Trinajstić information content (AvgIpc) is 3.00. The molecule has 0 spiro atoms. The summed E-state index contributed by atoms with van der Waals surface area (Å²) in [5, 5.41) is 4.47. The molecular weight excluding hydrogens is 298 g/mol. The molecule has 0 radical (unpaired) electrons. The summed E-state index contributed by atoms with van der Waals surface area (Å²) < 4.78 is 0. The predicted molar refractivity (Wildman–Crippen MR) is 97.8 cm³/mol. The smallest absolute Gasteiger partial charge is 0.228 e. The summed E-state index contributed by atoms with van der Waals surface area (Å²) in [6.45, 7) is 4.95. The van der Waals surface area contributed by atoms with Gasteiger partial charge in [-0.2, -0.15) is 0 Å². The molecule has 2 unspecified atom stereocenters. The van der Waals surface area contributed by atoms with E-state index in [4.69, 9.17) is 0 Å². The van der Waals surface area contributed by atoms with Crippen molar-refractivity contribution in [1.82, 2.24) is 15.2 Å². The topological polar surface area (TPSA) is 48.1 Å². The summed E-state index contributed by atoms with van der Waals surface area (Å²) in [6, 6.07) is 7.02. The van der Waals surface area contributed by atoms with E-state index < -0.39 is 0 Å². The molecule has 4 nitrogen and oxygen atoms in total. The molecule has 0 bridgehead atoms.